The lowest BCUT2D eigenvalue weighted by atomic mass is 9.67. The van der Waals surface area contributed by atoms with Crippen molar-refractivity contribution in [3.8, 4) is 0 Å². The summed E-state index contributed by atoms with van der Waals surface area (Å²) in [5.74, 6) is 6.90. The van der Waals surface area contributed by atoms with Gasteiger partial charge in [-0.05, 0) is 176 Å². The Morgan fingerprint density at radius 1 is 0.688 bits per heavy atom. The average molecular weight is 649 g/mol. The van der Waals surface area contributed by atoms with Crippen molar-refractivity contribution in [2.75, 3.05) is 19.6 Å². The molecule has 0 bridgehead atoms. The molecule has 2 saturated carbocycles. The molecular formula is C46H68N2. The smallest absolute Gasteiger partial charge is 0.0287 e. The van der Waals surface area contributed by atoms with Crippen LogP contribution in [0.1, 0.15) is 136 Å². The molecule has 262 valence electrons. The van der Waals surface area contributed by atoms with E-state index >= 15 is 0 Å². The summed E-state index contributed by atoms with van der Waals surface area (Å²) in [6, 6.07) is 0.585. The van der Waals surface area contributed by atoms with Crippen molar-refractivity contribution in [3.05, 3.63) is 70.5 Å². The summed E-state index contributed by atoms with van der Waals surface area (Å²) in [7, 11) is 0. The zero-order chi connectivity index (χ0) is 32.5. The molecule has 0 amide bonds. The first-order valence-electron chi connectivity index (χ1n) is 21.2. The van der Waals surface area contributed by atoms with Crippen LogP contribution in [0.5, 0.6) is 0 Å². The van der Waals surface area contributed by atoms with Gasteiger partial charge in [0, 0.05) is 25.7 Å². The van der Waals surface area contributed by atoms with Gasteiger partial charge in [0.1, 0.15) is 0 Å². The minimum atomic E-state index is 0.585. The molecule has 0 saturated heterocycles. The highest BCUT2D eigenvalue weighted by molar-refractivity contribution is 5.29. The molecule has 2 fully saturated rings. The second-order valence-electron chi connectivity index (χ2n) is 18.0. The highest BCUT2D eigenvalue weighted by Gasteiger charge is 2.39. The topological polar surface area (TPSA) is 15.3 Å². The summed E-state index contributed by atoms with van der Waals surface area (Å²) in [6.07, 6.45) is 44.7. The van der Waals surface area contributed by atoms with Gasteiger partial charge in [-0.3, -0.25) is 4.90 Å². The first-order valence-corrected chi connectivity index (χ1v) is 21.2. The summed E-state index contributed by atoms with van der Waals surface area (Å²) in [6.45, 7) is 8.88. The molecule has 2 nitrogen and oxygen atoms in total. The van der Waals surface area contributed by atoms with Gasteiger partial charge in [0.2, 0.25) is 0 Å². The summed E-state index contributed by atoms with van der Waals surface area (Å²) in [4.78, 5) is 3.13. The lowest BCUT2D eigenvalue weighted by Gasteiger charge is -2.44. The lowest BCUT2D eigenvalue weighted by molar-refractivity contribution is 0.140. The monoisotopic (exact) mass is 649 g/mol. The van der Waals surface area contributed by atoms with E-state index in [1.165, 1.54) is 142 Å². The molecular weight excluding hydrogens is 581 g/mol. The van der Waals surface area contributed by atoms with E-state index in [-0.39, 0.29) is 0 Å². The maximum Gasteiger partial charge on any atom is 0.0287 e. The van der Waals surface area contributed by atoms with E-state index in [2.05, 4.69) is 66.7 Å². The van der Waals surface area contributed by atoms with Gasteiger partial charge >= 0.3 is 0 Å². The van der Waals surface area contributed by atoms with Gasteiger partial charge in [-0.15, -0.1) is 0 Å². The highest BCUT2D eigenvalue weighted by atomic mass is 15.2. The third-order valence-electron chi connectivity index (χ3n) is 15.4. The van der Waals surface area contributed by atoms with E-state index in [4.69, 9.17) is 0 Å². The second kappa shape index (κ2) is 15.2. The van der Waals surface area contributed by atoms with Gasteiger partial charge in [0.15, 0.2) is 0 Å². The molecule has 0 spiro atoms. The number of nitrogens with zero attached hydrogens (tertiary/aromatic N) is 1. The standard InChI is InChI=1S/C46H68N2/c1-32-21-22-40(44-20-10-14-35-12-5-6-18-43(35)44)30-48(41-24-23-34-11-3-4-13-37(34)28-41)31-46(45-19-8-7-17-42(45)33(32)2)38-16-9-15-36(27-38)39-25-26-47-29-39/h4,13,21,23-26,33-34,36-42,44,47H,3,5-12,14-20,22,27-31H2,1-2H3/b32-21+,46-45+/t33?,34?,36?,37-,38?,39?,40?,41?,42?,44?/m0/s1. The zero-order valence-corrected chi connectivity index (χ0v) is 30.8. The summed E-state index contributed by atoms with van der Waals surface area (Å²) in [5, 5.41) is 3.56. The predicted octanol–water partition coefficient (Wildman–Crippen LogP) is 11.5. The van der Waals surface area contributed by atoms with Gasteiger partial charge in [0.05, 0.1) is 0 Å². The van der Waals surface area contributed by atoms with Crippen molar-refractivity contribution in [3.63, 3.8) is 0 Å². The van der Waals surface area contributed by atoms with Crippen molar-refractivity contribution < 1.29 is 0 Å². The van der Waals surface area contributed by atoms with Crippen molar-refractivity contribution in [2.24, 2.45) is 53.3 Å². The molecule has 2 aliphatic heterocycles. The molecule has 8 aliphatic rings. The number of rotatable bonds is 4. The van der Waals surface area contributed by atoms with Crippen molar-refractivity contribution in [2.45, 2.75) is 142 Å². The van der Waals surface area contributed by atoms with Crippen LogP contribution in [0.2, 0.25) is 0 Å². The predicted molar refractivity (Wildman–Crippen MR) is 203 cm³/mol. The van der Waals surface area contributed by atoms with Crippen LogP contribution in [-0.2, 0) is 0 Å². The van der Waals surface area contributed by atoms with Crippen LogP contribution in [-0.4, -0.2) is 30.6 Å². The SMILES string of the molecule is C/C1=C\CC(C2CCCC3=C2CCCC3)CN(C2C=CC3CCC=C[C@H]3C2)C/C(C2CCCC(C3C=CNC3)C2)=C2/CCCCC2C1C. The van der Waals surface area contributed by atoms with Crippen LogP contribution in [0.15, 0.2) is 70.5 Å². The molecule has 0 aromatic heterocycles. The molecule has 10 atom stereocenters. The maximum atomic E-state index is 3.56. The molecule has 48 heavy (non-hydrogen) atoms. The van der Waals surface area contributed by atoms with Crippen molar-refractivity contribution in [1.29, 1.82) is 0 Å². The number of fused-ring (bicyclic) bond motifs is 2. The summed E-state index contributed by atoms with van der Waals surface area (Å²) in [5.41, 5.74) is 9.46. The Morgan fingerprint density at radius 2 is 1.54 bits per heavy atom. The molecule has 0 aromatic carbocycles. The Balaban J connectivity index is 1.19. The first-order chi connectivity index (χ1) is 23.6. The number of nitrogens with one attached hydrogen (secondary N) is 1. The Kier molecular flexibility index (Phi) is 10.6. The van der Waals surface area contributed by atoms with Crippen LogP contribution in [0.4, 0.5) is 0 Å². The molecule has 1 N–H and O–H groups in total. The van der Waals surface area contributed by atoms with Gasteiger partial charge in [0.25, 0.3) is 0 Å². The molecule has 8 rings (SSSR count). The van der Waals surface area contributed by atoms with Crippen LogP contribution in [0.25, 0.3) is 0 Å². The molecule has 2 heteroatoms. The van der Waals surface area contributed by atoms with Crippen LogP contribution < -0.4 is 5.32 Å². The Bertz CT molecular complexity index is 1320. The molecule has 9 unspecified atom stereocenters. The Hall–Kier alpha value is -1.80. The number of hydrogen-bond acceptors (Lipinski definition) is 2. The van der Waals surface area contributed by atoms with E-state index in [0.29, 0.717) is 12.0 Å². The third-order valence-corrected chi connectivity index (χ3v) is 15.4. The molecule has 0 aromatic rings. The van der Waals surface area contributed by atoms with E-state index in [1.807, 2.05) is 22.3 Å². The maximum absolute atomic E-state index is 3.56. The Morgan fingerprint density at radius 3 is 2.46 bits per heavy atom. The van der Waals surface area contributed by atoms with Crippen LogP contribution in [0, 0.1) is 53.3 Å². The third kappa shape index (κ3) is 7.05. The zero-order valence-electron chi connectivity index (χ0n) is 30.8. The minimum absolute atomic E-state index is 0.585. The fraction of sp³-hybridized carbons (Fsp3) is 0.739. The minimum Gasteiger partial charge on any atom is -0.391 e. The number of hydrogen-bond donors (Lipinski definition) is 1. The molecule has 6 aliphatic carbocycles. The van der Waals surface area contributed by atoms with Gasteiger partial charge in [-0.25, -0.2) is 0 Å². The van der Waals surface area contributed by atoms with Crippen LogP contribution >= 0.6 is 0 Å². The first kappa shape index (κ1) is 33.3. The summed E-state index contributed by atoms with van der Waals surface area (Å²) < 4.78 is 0. The largest absolute Gasteiger partial charge is 0.391 e. The van der Waals surface area contributed by atoms with Gasteiger partial charge in [-0.2, -0.15) is 0 Å². The van der Waals surface area contributed by atoms with E-state index < -0.39 is 0 Å². The van der Waals surface area contributed by atoms with Crippen molar-refractivity contribution >= 4 is 0 Å². The average Bonchev–Trinajstić information content (AvgIpc) is 3.69. The van der Waals surface area contributed by atoms with E-state index in [0.717, 1.165) is 47.3 Å². The second-order valence-corrected chi connectivity index (χ2v) is 18.0. The van der Waals surface area contributed by atoms with E-state index in [1.54, 1.807) is 5.57 Å². The quantitative estimate of drug-likeness (QED) is 0.305. The van der Waals surface area contributed by atoms with Gasteiger partial charge < -0.3 is 5.32 Å². The fourth-order valence-electron chi connectivity index (χ4n) is 12.5. The molecule has 0 radical (unpaired) electrons. The summed E-state index contributed by atoms with van der Waals surface area (Å²) >= 11 is 0. The van der Waals surface area contributed by atoms with E-state index in [9.17, 15) is 0 Å². The number of allylic oxidation sites excluding steroid dienone is 8. The van der Waals surface area contributed by atoms with Crippen molar-refractivity contribution in [1.82, 2.24) is 10.2 Å². The molecule has 2 heterocycles. The lowest BCUT2D eigenvalue weighted by Crippen LogP contribution is -2.45. The highest BCUT2D eigenvalue weighted by Crippen LogP contribution is 2.48. The van der Waals surface area contributed by atoms with Crippen LogP contribution in [0.3, 0.4) is 0 Å². The van der Waals surface area contributed by atoms with Gasteiger partial charge in [-0.1, -0.05) is 84.1 Å². The Labute approximate surface area is 294 Å². The normalized spacial score (nSPS) is 43.8. The fourth-order valence-corrected chi connectivity index (χ4v) is 12.5.